The van der Waals surface area contributed by atoms with Gasteiger partial charge in [0.2, 0.25) is 5.91 Å². The smallest absolute Gasteiger partial charge is 0.307 e. The highest BCUT2D eigenvalue weighted by molar-refractivity contribution is 8.01. The predicted molar refractivity (Wildman–Crippen MR) is 96.3 cm³/mol. The molecule has 1 N–H and O–H groups in total. The summed E-state index contributed by atoms with van der Waals surface area (Å²) < 4.78 is 9.01. The van der Waals surface area contributed by atoms with Crippen LogP contribution in [0.25, 0.3) is 0 Å². The number of carbonyl (C=O) groups excluding carboxylic acids is 2. The molecular weight excluding hydrogens is 415 g/mol. The van der Waals surface area contributed by atoms with Crippen molar-refractivity contribution in [3.63, 3.8) is 0 Å². The molecule has 5 nitrogen and oxygen atoms in total. The second kappa shape index (κ2) is 7.49. The zero-order chi connectivity index (χ0) is 17.3. The molecule has 1 aliphatic rings. The fraction of sp³-hybridized carbons (Fsp3) is 0.214. The number of rotatable bonds is 4. The normalized spacial score (nSPS) is 16.5. The molecule has 24 heavy (non-hydrogen) atoms. The number of amides is 1. The van der Waals surface area contributed by atoms with Gasteiger partial charge in [0, 0.05) is 9.92 Å². The number of anilines is 1. The average molecular weight is 424 g/mol. The van der Waals surface area contributed by atoms with Gasteiger partial charge in [-0.25, -0.2) is 0 Å². The van der Waals surface area contributed by atoms with Crippen molar-refractivity contribution in [2.45, 2.75) is 23.2 Å². The molecule has 1 atom stereocenters. The summed E-state index contributed by atoms with van der Waals surface area (Å²) in [6, 6.07) is 5.21. The van der Waals surface area contributed by atoms with Crippen LogP contribution in [0.4, 0.5) is 5.69 Å². The van der Waals surface area contributed by atoms with Gasteiger partial charge in [0.1, 0.15) is 6.61 Å². The number of halogens is 3. The number of ether oxygens (including phenoxy) is 1. The zero-order valence-electron chi connectivity index (χ0n) is 11.8. The number of hydrogen-bond acceptors (Lipinski definition) is 6. The Hall–Kier alpha value is -0.990. The Balaban J connectivity index is 1.59. The molecule has 0 aliphatic carbocycles. The van der Waals surface area contributed by atoms with Gasteiger partial charge >= 0.3 is 5.97 Å². The number of aromatic nitrogens is 1. The van der Waals surface area contributed by atoms with E-state index in [2.05, 4.69) is 9.69 Å². The van der Waals surface area contributed by atoms with Gasteiger partial charge < -0.3 is 10.1 Å². The van der Waals surface area contributed by atoms with Gasteiger partial charge in [0.25, 0.3) is 0 Å². The van der Waals surface area contributed by atoms with E-state index < -0.39 is 11.2 Å². The summed E-state index contributed by atoms with van der Waals surface area (Å²) in [4.78, 5) is 25.5. The molecule has 0 radical (unpaired) electrons. The lowest BCUT2D eigenvalue weighted by Gasteiger charge is -2.23. The van der Waals surface area contributed by atoms with Crippen molar-refractivity contribution in [2.75, 3.05) is 5.32 Å². The summed E-state index contributed by atoms with van der Waals surface area (Å²) >= 11 is 19.9. The lowest BCUT2D eigenvalue weighted by Crippen LogP contribution is -2.31. The molecule has 126 valence electrons. The van der Waals surface area contributed by atoms with Gasteiger partial charge in [-0.15, -0.1) is 11.8 Å². The van der Waals surface area contributed by atoms with E-state index in [0.717, 1.165) is 16.4 Å². The van der Waals surface area contributed by atoms with E-state index in [1.54, 1.807) is 18.2 Å². The molecule has 1 aromatic heterocycles. The van der Waals surface area contributed by atoms with Crippen LogP contribution >= 0.6 is 58.1 Å². The third-order valence-corrected chi connectivity index (χ3v) is 6.46. The van der Waals surface area contributed by atoms with E-state index in [9.17, 15) is 9.59 Å². The zero-order valence-corrected chi connectivity index (χ0v) is 15.7. The second-order valence-corrected chi connectivity index (χ2v) is 8.09. The summed E-state index contributed by atoms with van der Waals surface area (Å²) in [6.45, 7) is -0.0206. The molecule has 0 bridgehead atoms. The Morgan fingerprint density at radius 2 is 2.12 bits per heavy atom. The highest BCUT2D eigenvalue weighted by atomic mass is 35.5. The largest absolute Gasteiger partial charge is 0.460 e. The molecule has 2 heterocycles. The molecular formula is C14H9Cl3N2O3S2. The maximum absolute atomic E-state index is 12.1. The quantitative estimate of drug-likeness (QED) is 0.725. The summed E-state index contributed by atoms with van der Waals surface area (Å²) in [5.74, 6) is -0.758. The van der Waals surface area contributed by atoms with Crippen LogP contribution in [0, 0.1) is 0 Å². The maximum Gasteiger partial charge on any atom is 0.307 e. The van der Waals surface area contributed by atoms with Crippen LogP contribution in [0.2, 0.25) is 15.2 Å². The van der Waals surface area contributed by atoms with Crippen molar-refractivity contribution >= 4 is 75.7 Å². The predicted octanol–water partition coefficient (Wildman–Crippen LogP) is 4.65. The van der Waals surface area contributed by atoms with Crippen molar-refractivity contribution in [1.29, 1.82) is 0 Å². The standard InChI is InChI=1S/C14H9Cl3N2O3S2/c15-6-1-2-8-7(3-6)18-14(21)9(23-8)4-11(20)22-5-10-12(16)13(17)19-24-10/h1-3,9H,4-5H2,(H,18,21)/t9-/m1/s1. The second-order valence-electron chi connectivity index (χ2n) is 4.81. The molecule has 0 unspecified atom stereocenters. The minimum Gasteiger partial charge on any atom is -0.460 e. The first kappa shape index (κ1) is 17.8. The third kappa shape index (κ3) is 3.97. The Morgan fingerprint density at radius 1 is 1.33 bits per heavy atom. The number of nitrogens with zero attached hydrogens (tertiary/aromatic N) is 1. The third-order valence-electron chi connectivity index (χ3n) is 3.14. The molecule has 2 aromatic rings. The fourth-order valence-corrected chi connectivity index (χ4v) is 4.34. The number of esters is 1. The van der Waals surface area contributed by atoms with Crippen LogP contribution in [0.15, 0.2) is 23.1 Å². The van der Waals surface area contributed by atoms with Gasteiger partial charge in [0.15, 0.2) is 5.15 Å². The van der Waals surface area contributed by atoms with Crippen LogP contribution in [0.3, 0.4) is 0 Å². The van der Waals surface area contributed by atoms with Gasteiger partial charge in [-0.1, -0.05) is 34.8 Å². The lowest BCUT2D eigenvalue weighted by atomic mass is 10.2. The molecule has 1 aliphatic heterocycles. The molecule has 0 fully saturated rings. The lowest BCUT2D eigenvalue weighted by molar-refractivity contribution is -0.145. The summed E-state index contributed by atoms with van der Waals surface area (Å²) in [5.41, 5.74) is 0.646. The summed E-state index contributed by atoms with van der Waals surface area (Å²) in [7, 11) is 0. The van der Waals surface area contributed by atoms with E-state index in [0.29, 0.717) is 15.6 Å². The fourth-order valence-electron chi connectivity index (χ4n) is 1.99. The van der Waals surface area contributed by atoms with E-state index in [4.69, 9.17) is 39.5 Å². The minimum absolute atomic E-state index is 0.0206. The topological polar surface area (TPSA) is 68.3 Å². The summed E-state index contributed by atoms with van der Waals surface area (Å²) in [5, 5.41) is 3.18. The summed E-state index contributed by atoms with van der Waals surface area (Å²) in [6.07, 6.45) is -0.0529. The highest BCUT2D eigenvalue weighted by Crippen LogP contribution is 2.38. The van der Waals surface area contributed by atoms with Crippen molar-refractivity contribution in [3.8, 4) is 0 Å². The molecule has 1 aromatic carbocycles. The number of thioether (sulfide) groups is 1. The Bertz CT molecular complexity index is 813. The Morgan fingerprint density at radius 3 is 2.83 bits per heavy atom. The van der Waals surface area contributed by atoms with E-state index in [1.807, 2.05) is 0 Å². The van der Waals surface area contributed by atoms with Crippen molar-refractivity contribution in [3.05, 3.63) is 38.3 Å². The van der Waals surface area contributed by atoms with Gasteiger partial charge in [-0.2, -0.15) is 4.37 Å². The van der Waals surface area contributed by atoms with Crippen LogP contribution < -0.4 is 5.32 Å². The van der Waals surface area contributed by atoms with Crippen LogP contribution in [-0.2, 0) is 20.9 Å². The highest BCUT2D eigenvalue weighted by Gasteiger charge is 2.29. The molecule has 0 spiro atoms. The molecule has 0 saturated carbocycles. The molecule has 1 amide bonds. The molecule has 3 rings (SSSR count). The first-order valence-electron chi connectivity index (χ1n) is 6.66. The molecule has 0 saturated heterocycles. The van der Waals surface area contributed by atoms with Crippen molar-refractivity contribution < 1.29 is 14.3 Å². The first-order chi connectivity index (χ1) is 11.4. The first-order valence-corrected chi connectivity index (χ1v) is 9.45. The van der Waals surface area contributed by atoms with Gasteiger partial charge in [-0.3, -0.25) is 9.59 Å². The number of hydrogen-bond donors (Lipinski definition) is 1. The number of nitrogens with one attached hydrogen (secondary N) is 1. The van der Waals surface area contributed by atoms with Crippen LogP contribution in [0.5, 0.6) is 0 Å². The van der Waals surface area contributed by atoms with Gasteiger partial charge in [-0.05, 0) is 29.7 Å². The Kier molecular flexibility index (Phi) is 5.56. The number of carbonyl (C=O) groups is 2. The minimum atomic E-state index is -0.563. The maximum atomic E-state index is 12.1. The van der Waals surface area contributed by atoms with E-state index >= 15 is 0 Å². The molecule has 10 heteroatoms. The van der Waals surface area contributed by atoms with Crippen molar-refractivity contribution in [1.82, 2.24) is 4.37 Å². The van der Waals surface area contributed by atoms with Gasteiger partial charge in [0.05, 0.1) is 27.3 Å². The van der Waals surface area contributed by atoms with Crippen LogP contribution in [0.1, 0.15) is 11.3 Å². The van der Waals surface area contributed by atoms with Crippen LogP contribution in [-0.4, -0.2) is 21.5 Å². The average Bonchev–Trinajstić information content (AvgIpc) is 2.85. The Labute approximate surface area is 160 Å². The van der Waals surface area contributed by atoms with Crippen molar-refractivity contribution in [2.24, 2.45) is 0 Å². The number of fused-ring (bicyclic) bond motifs is 1. The van der Waals surface area contributed by atoms with E-state index in [-0.39, 0.29) is 29.1 Å². The van der Waals surface area contributed by atoms with E-state index in [1.165, 1.54) is 11.8 Å². The number of benzene rings is 1. The monoisotopic (exact) mass is 422 g/mol. The SMILES string of the molecule is O=C(C[C@H]1Sc2ccc(Cl)cc2NC1=O)OCc1snc(Cl)c1Cl.